The predicted molar refractivity (Wildman–Crippen MR) is 63.2 cm³/mol. The maximum atomic E-state index is 11.8. The van der Waals surface area contributed by atoms with Crippen molar-refractivity contribution in [3.63, 3.8) is 0 Å². The Morgan fingerprint density at radius 3 is 3.00 bits per heavy atom. The molecule has 0 saturated carbocycles. The number of rotatable bonds is 5. The summed E-state index contributed by atoms with van der Waals surface area (Å²) in [5.74, 6) is -0.0997. The second-order valence-electron chi connectivity index (χ2n) is 4.15. The van der Waals surface area contributed by atoms with Gasteiger partial charge in [-0.05, 0) is 0 Å². The highest BCUT2D eigenvalue weighted by atomic mass is 16.5. The van der Waals surface area contributed by atoms with E-state index in [-0.39, 0.29) is 18.1 Å². The summed E-state index contributed by atoms with van der Waals surface area (Å²) in [6, 6.07) is 0. The molecule has 0 radical (unpaired) electrons. The van der Waals surface area contributed by atoms with Crippen LogP contribution >= 0.6 is 0 Å². The average molecular weight is 255 g/mol. The number of ether oxygens (including phenoxy) is 2. The number of nitrogens with one attached hydrogen (secondary N) is 2. The summed E-state index contributed by atoms with van der Waals surface area (Å²) in [6.07, 6.45) is 0.665. The lowest BCUT2D eigenvalue weighted by molar-refractivity contribution is -0.137. The van der Waals surface area contributed by atoms with Crippen molar-refractivity contribution < 1.29 is 14.3 Å². The lowest BCUT2D eigenvalue weighted by atomic mass is 10.1. The molecule has 18 heavy (non-hydrogen) atoms. The fourth-order valence-corrected chi connectivity index (χ4v) is 1.92. The molecule has 2 N–H and O–H groups in total. The smallest absolute Gasteiger partial charge is 0.269 e. The van der Waals surface area contributed by atoms with Crippen LogP contribution in [0.4, 0.5) is 0 Å². The van der Waals surface area contributed by atoms with Crippen LogP contribution in [0, 0.1) is 0 Å². The molecule has 0 saturated heterocycles. The fraction of sp³-hybridized carbons (Fsp3) is 0.636. The van der Waals surface area contributed by atoms with Gasteiger partial charge < -0.3 is 19.5 Å². The predicted octanol–water partition coefficient (Wildman–Crippen LogP) is -0.749. The molecule has 1 aromatic rings. The first kappa shape index (κ1) is 12.8. The molecule has 0 aliphatic carbocycles. The molecule has 7 nitrogen and oxygen atoms in total. The van der Waals surface area contributed by atoms with E-state index < -0.39 is 0 Å². The molecule has 2 heterocycles. The van der Waals surface area contributed by atoms with E-state index in [0.717, 1.165) is 5.69 Å². The van der Waals surface area contributed by atoms with Crippen LogP contribution in [0.2, 0.25) is 0 Å². The minimum Gasteiger partial charge on any atom is -0.382 e. The number of fused-ring (bicyclic) bond motifs is 1. The van der Waals surface area contributed by atoms with E-state index in [0.29, 0.717) is 38.3 Å². The van der Waals surface area contributed by atoms with Crippen molar-refractivity contribution in [2.24, 2.45) is 0 Å². The van der Waals surface area contributed by atoms with Crippen molar-refractivity contribution in [1.29, 1.82) is 0 Å². The van der Waals surface area contributed by atoms with Crippen LogP contribution < -0.4 is 5.56 Å². The Labute approximate surface area is 104 Å². The summed E-state index contributed by atoms with van der Waals surface area (Å²) in [7, 11) is 1.58. The van der Waals surface area contributed by atoms with E-state index in [1.165, 1.54) is 0 Å². The molecule has 2 rings (SSSR count). The first-order valence-corrected chi connectivity index (χ1v) is 5.85. The number of aromatic amines is 2. The molecule has 0 spiro atoms. The van der Waals surface area contributed by atoms with E-state index in [1.807, 2.05) is 0 Å². The Morgan fingerprint density at radius 1 is 1.39 bits per heavy atom. The van der Waals surface area contributed by atoms with Crippen molar-refractivity contribution in [3.8, 4) is 0 Å². The second-order valence-corrected chi connectivity index (χ2v) is 4.15. The van der Waals surface area contributed by atoms with Crippen molar-refractivity contribution in [2.45, 2.75) is 13.0 Å². The zero-order valence-electron chi connectivity index (χ0n) is 10.3. The molecule has 1 aromatic heterocycles. The van der Waals surface area contributed by atoms with Crippen LogP contribution in [0.1, 0.15) is 11.3 Å². The second kappa shape index (κ2) is 5.83. The zero-order chi connectivity index (χ0) is 13.0. The molecular weight excluding hydrogens is 238 g/mol. The Morgan fingerprint density at radius 2 is 2.22 bits per heavy atom. The number of carbonyl (C=O) groups is 1. The van der Waals surface area contributed by atoms with E-state index in [9.17, 15) is 9.59 Å². The first-order valence-electron chi connectivity index (χ1n) is 5.85. The standard InChI is InChI=1S/C11H17N3O4/c1-17-4-5-18-7-10(15)14-3-2-9-8(6-14)11(16)13-12-9/h2-7H2,1H3,(H2,12,13,16). The highest BCUT2D eigenvalue weighted by molar-refractivity contribution is 5.77. The SMILES string of the molecule is COCCOCC(=O)N1CCc2[nH][nH]c(=O)c2C1. The van der Waals surface area contributed by atoms with Gasteiger partial charge in [0.1, 0.15) is 6.61 Å². The Bertz CT molecular complexity index is 465. The molecule has 1 aliphatic rings. The molecule has 7 heteroatoms. The number of hydrogen-bond donors (Lipinski definition) is 2. The highest BCUT2D eigenvalue weighted by Gasteiger charge is 2.23. The lowest BCUT2D eigenvalue weighted by Crippen LogP contribution is -2.39. The fourth-order valence-electron chi connectivity index (χ4n) is 1.92. The van der Waals surface area contributed by atoms with Crippen LogP contribution in [0.15, 0.2) is 4.79 Å². The molecule has 0 atom stereocenters. The van der Waals surface area contributed by atoms with Crippen molar-refractivity contribution in [3.05, 3.63) is 21.6 Å². The molecule has 0 aromatic carbocycles. The topological polar surface area (TPSA) is 87.4 Å². The number of hydrogen-bond acceptors (Lipinski definition) is 4. The van der Waals surface area contributed by atoms with Gasteiger partial charge >= 0.3 is 0 Å². The third kappa shape index (κ3) is 2.80. The van der Waals surface area contributed by atoms with Gasteiger partial charge in [-0.25, -0.2) is 0 Å². The summed E-state index contributed by atoms with van der Waals surface area (Å²) in [5.41, 5.74) is 1.39. The van der Waals surface area contributed by atoms with Gasteiger partial charge in [-0.15, -0.1) is 0 Å². The van der Waals surface area contributed by atoms with Gasteiger partial charge in [0.2, 0.25) is 5.91 Å². The minimum atomic E-state index is -0.150. The molecule has 1 amide bonds. The van der Waals surface area contributed by atoms with Crippen LogP contribution in [0.3, 0.4) is 0 Å². The van der Waals surface area contributed by atoms with E-state index in [4.69, 9.17) is 9.47 Å². The number of nitrogens with zero attached hydrogens (tertiary/aromatic N) is 1. The van der Waals surface area contributed by atoms with Crippen molar-refractivity contribution in [2.75, 3.05) is 33.5 Å². The summed E-state index contributed by atoms with van der Waals surface area (Å²) in [5, 5.41) is 5.35. The quantitative estimate of drug-likeness (QED) is 0.678. The zero-order valence-corrected chi connectivity index (χ0v) is 10.3. The van der Waals surface area contributed by atoms with E-state index in [1.54, 1.807) is 12.0 Å². The number of methoxy groups -OCH3 is 1. The van der Waals surface area contributed by atoms with Crippen molar-refractivity contribution >= 4 is 5.91 Å². The Kier molecular flexibility index (Phi) is 4.16. The Hall–Kier alpha value is -1.60. The summed E-state index contributed by atoms with van der Waals surface area (Å²) < 4.78 is 10.0. The first-order chi connectivity index (χ1) is 8.72. The third-order valence-corrected chi connectivity index (χ3v) is 2.96. The largest absolute Gasteiger partial charge is 0.382 e. The summed E-state index contributed by atoms with van der Waals surface area (Å²) >= 11 is 0. The molecule has 100 valence electrons. The molecule has 0 bridgehead atoms. The normalized spacial score (nSPS) is 14.6. The van der Waals surface area contributed by atoms with Gasteiger partial charge in [0.15, 0.2) is 0 Å². The third-order valence-electron chi connectivity index (χ3n) is 2.96. The monoisotopic (exact) mass is 255 g/mol. The average Bonchev–Trinajstić information content (AvgIpc) is 2.76. The molecule has 0 fully saturated rings. The van der Waals surface area contributed by atoms with Gasteiger partial charge in [0.05, 0.1) is 25.3 Å². The maximum absolute atomic E-state index is 11.8. The van der Waals surface area contributed by atoms with Gasteiger partial charge in [-0.3, -0.25) is 14.7 Å². The van der Waals surface area contributed by atoms with E-state index >= 15 is 0 Å². The Balaban J connectivity index is 1.86. The van der Waals surface area contributed by atoms with Crippen LogP contribution in [-0.4, -0.2) is 54.5 Å². The van der Waals surface area contributed by atoms with E-state index in [2.05, 4.69) is 10.2 Å². The van der Waals surface area contributed by atoms with Gasteiger partial charge in [-0.1, -0.05) is 0 Å². The molecule has 1 aliphatic heterocycles. The highest BCUT2D eigenvalue weighted by Crippen LogP contribution is 2.12. The minimum absolute atomic E-state index is 0.0288. The summed E-state index contributed by atoms with van der Waals surface area (Å²) in [4.78, 5) is 24.9. The number of H-pyrrole nitrogens is 2. The number of aromatic nitrogens is 2. The maximum Gasteiger partial charge on any atom is 0.269 e. The lowest BCUT2D eigenvalue weighted by Gasteiger charge is -2.26. The van der Waals surface area contributed by atoms with Gasteiger partial charge in [0.25, 0.3) is 5.56 Å². The van der Waals surface area contributed by atoms with Gasteiger partial charge in [0, 0.05) is 25.8 Å². The van der Waals surface area contributed by atoms with Crippen molar-refractivity contribution in [1.82, 2.24) is 15.1 Å². The molecular formula is C11H17N3O4. The van der Waals surface area contributed by atoms with Gasteiger partial charge in [-0.2, -0.15) is 0 Å². The van der Waals surface area contributed by atoms with Crippen LogP contribution in [-0.2, 0) is 27.2 Å². The summed E-state index contributed by atoms with van der Waals surface area (Å²) in [6.45, 7) is 1.84. The number of amides is 1. The molecule has 0 unspecified atom stereocenters. The van der Waals surface area contributed by atoms with Crippen LogP contribution in [0.5, 0.6) is 0 Å². The van der Waals surface area contributed by atoms with Crippen LogP contribution in [0.25, 0.3) is 0 Å². The number of carbonyl (C=O) groups excluding carboxylic acids is 1.